The van der Waals surface area contributed by atoms with E-state index in [1.54, 1.807) is 7.11 Å². The van der Waals surface area contributed by atoms with E-state index < -0.39 is 0 Å². The van der Waals surface area contributed by atoms with Gasteiger partial charge in [-0.15, -0.1) is 0 Å². The third-order valence-corrected chi connectivity index (χ3v) is 3.85. The SMILES string of the molecule is COc1ccccc1NCc1cccc(OCCOc2ccccc2)c1. The number of benzene rings is 3. The Kier molecular flexibility index (Phi) is 6.37. The van der Waals surface area contributed by atoms with Gasteiger partial charge < -0.3 is 19.5 Å². The molecule has 0 saturated heterocycles. The summed E-state index contributed by atoms with van der Waals surface area (Å²) < 4.78 is 16.8. The summed E-state index contributed by atoms with van der Waals surface area (Å²) in [5.74, 6) is 2.52. The fourth-order valence-electron chi connectivity index (χ4n) is 2.57. The van der Waals surface area contributed by atoms with Crippen molar-refractivity contribution in [3.63, 3.8) is 0 Å². The van der Waals surface area contributed by atoms with E-state index in [-0.39, 0.29) is 0 Å². The Labute approximate surface area is 154 Å². The second-order valence-corrected chi connectivity index (χ2v) is 5.71. The normalized spacial score (nSPS) is 10.2. The fraction of sp³-hybridized carbons (Fsp3) is 0.182. The lowest BCUT2D eigenvalue weighted by molar-refractivity contribution is 0.217. The maximum atomic E-state index is 5.79. The predicted molar refractivity (Wildman–Crippen MR) is 104 cm³/mol. The highest BCUT2D eigenvalue weighted by molar-refractivity contribution is 5.56. The van der Waals surface area contributed by atoms with Crippen LogP contribution in [-0.2, 0) is 6.54 Å². The first-order chi connectivity index (χ1) is 12.8. The Morgan fingerprint density at radius 1 is 0.731 bits per heavy atom. The zero-order chi connectivity index (χ0) is 18.0. The molecular weight excluding hydrogens is 326 g/mol. The molecule has 0 fully saturated rings. The minimum absolute atomic E-state index is 0.498. The molecule has 3 aromatic rings. The predicted octanol–water partition coefficient (Wildman–Crippen LogP) is 4.77. The third kappa shape index (κ3) is 5.18. The zero-order valence-electron chi connectivity index (χ0n) is 14.9. The van der Waals surface area contributed by atoms with E-state index in [1.165, 1.54) is 0 Å². The molecule has 3 rings (SSSR count). The van der Waals surface area contributed by atoms with Crippen molar-refractivity contribution in [3.05, 3.63) is 84.4 Å². The largest absolute Gasteiger partial charge is 0.495 e. The first kappa shape index (κ1) is 17.7. The molecule has 0 aliphatic carbocycles. The lowest BCUT2D eigenvalue weighted by atomic mass is 10.2. The minimum atomic E-state index is 0.498. The Morgan fingerprint density at radius 3 is 2.23 bits per heavy atom. The number of ether oxygens (including phenoxy) is 3. The number of rotatable bonds is 9. The average molecular weight is 349 g/mol. The molecule has 0 aliphatic rings. The number of hydrogen-bond acceptors (Lipinski definition) is 4. The number of para-hydroxylation sites is 3. The Morgan fingerprint density at radius 2 is 1.42 bits per heavy atom. The number of anilines is 1. The maximum Gasteiger partial charge on any atom is 0.141 e. The van der Waals surface area contributed by atoms with Crippen LogP contribution in [0.4, 0.5) is 5.69 Å². The van der Waals surface area contributed by atoms with Crippen LogP contribution in [0.3, 0.4) is 0 Å². The van der Waals surface area contributed by atoms with Gasteiger partial charge >= 0.3 is 0 Å². The van der Waals surface area contributed by atoms with Gasteiger partial charge in [-0.1, -0.05) is 42.5 Å². The first-order valence-electron chi connectivity index (χ1n) is 8.61. The summed E-state index contributed by atoms with van der Waals surface area (Å²) in [4.78, 5) is 0. The van der Waals surface area contributed by atoms with Gasteiger partial charge in [-0.3, -0.25) is 0 Å². The van der Waals surface area contributed by atoms with Gasteiger partial charge in [-0.05, 0) is 42.0 Å². The van der Waals surface area contributed by atoms with Crippen molar-refractivity contribution < 1.29 is 14.2 Å². The van der Waals surface area contributed by atoms with Crippen LogP contribution in [0, 0.1) is 0 Å². The highest BCUT2D eigenvalue weighted by Gasteiger charge is 2.02. The second kappa shape index (κ2) is 9.37. The van der Waals surface area contributed by atoms with Crippen LogP contribution in [0.2, 0.25) is 0 Å². The molecule has 0 aromatic heterocycles. The van der Waals surface area contributed by atoms with Crippen LogP contribution in [-0.4, -0.2) is 20.3 Å². The highest BCUT2D eigenvalue weighted by atomic mass is 16.5. The summed E-state index contributed by atoms with van der Waals surface area (Å²) in [5.41, 5.74) is 2.11. The summed E-state index contributed by atoms with van der Waals surface area (Å²) >= 11 is 0. The molecule has 0 bridgehead atoms. The van der Waals surface area contributed by atoms with E-state index >= 15 is 0 Å². The summed E-state index contributed by atoms with van der Waals surface area (Å²) in [5, 5.41) is 3.39. The van der Waals surface area contributed by atoms with Gasteiger partial charge in [-0.2, -0.15) is 0 Å². The molecule has 3 aromatic carbocycles. The van der Waals surface area contributed by atoms with Crippen molar-refractivity contribution in [1.82, 2.24) is 0 Å². The Bertz CT molecular complexity index is 805. The average Bonchev–Trinajstić information content (AvgIpc) is 2.71. The van der Waals surface area contributed by atoms with Gasteiger partial charge in [0.25, 0.3) is 0 Å². The van der Waals surface area contributed by atoms with Gasteiger partial charge in [0.2, 0.25) is 0 Å². The molecule has 26 heavy (non-hydrogen) atoms. The van der Waals surface area contributed by atoms with E-state index in [1.807, 2.05) is 72.8 Å². The Balaban J connectivity index is 1.48. The van der Waals surface area contributed by atoms with Crippen LogP contribution in [0.1, 0.15) is 5.56 Å². The van der Waals surface area contributed by atoms with Crippen LogP contribution in [0.15, 0.2) is 78.9 Å². The van der Waals surface area contributed by atoms with Gasteiger partial charge in [0.05, 0.1) is 12.8 Å². The fourth-order valence-corrected chi connectivity index (χ4v) is 2.57. The van der Waals surface area contributed by atoms with Crippen molar-refractivity contribution >= 4 is 5.69 Å². The minimum Gasteiger partial charge on any atom is -0.495 e. The van der Waals surface area contributed by atoms with E-state index in [2.05, 4.69) is 11.4 Å². The molecule has 0 unspecified atom stereocenters. The van der Waals surface area contributed by atoms with Crippen molar-refractivity contribution in [2.45, 2.75) is 6.54 Å². The van der Waals surface area contributed by atoms with Crippen LogP contribution in [0.5, 0.6) is 17.2 Å². The van der Waals surface area contributed by atoms with E-state index in [0.29, 0.717) is 19.8 Å². The van der Waals surface area contributed by atoms with E-state index in [0.717, 1.165) is 28.5 Å². The molecule has 1 N–H and O–H groups in total. The van der Waals surface area contributed by atoms with Gasteiger partial charge in [0, 0.05) is 6.54 Å². The van der Waals surface area contributed by atoms with Crippen molar-refractivity contribution in [1.29, 1.82) is 0 Å². The van der Waals surface area contributed by atoms with Crippen LogP contribution >= 0.6 is 0 Å². The molecule has 4 nitrogen and oxygen atoms in total. The standard InChI is InChI=1S/C22H23NO3/c1-24-22-13-6-5-12-21(22)23-17-18-8-7-11-20(16-18)26-15-14-25-19-9-3-2-4-10-19/h2-13,16,23H,14-15,17H2,1H3. The number of methoxy groups -OCH3 is 1. The van der Waals surface area contributed by atoms with Crippen molar-refractivity contribution in [2.75, 3.05) is 25.6 Å². The van der Waals surface area contributed by atoms with E-state index in [4.69, 9.17) is 14.2 Å². The molecule has 0 heterocycles. The van der Waals surface area contributed by atoms with Crippen molar-refractivity contribution in [2.24, 2.45) is 0 Å². The number of hydrogen-bond donors (Lipinski definition) is 1. The quantitative estimate of drug-likeness (QED) is 0.565. The van der Waals surface area contributed by atoms with E-state index in [9.17, 15) is 0 Å². The number of nitrogens with one attached hydrogen (secondary N) is 1. The molecule has 4 heteroatoms. The van der Waals surface area contributed by atoms with Gasteiger partial charge in [-0.25, -0.2) is 0 Å². The van der Waals surface area contributed by atoms with Crippen molar-refractivity contribution in [3.8, 4) is 17.2 Å². The lowest BCUT2D eigenvalue weighted by Gasteiger charge is -2.12. The zero-order valence-corrected chi connectivity index (χ0v) is 14.9. The second-order valence-electron chi connectivity index (χ2n) is 5.71. The third-order valence-electron chi connectivity index (χ3n) is 3.85. The van der Waals surface area contributed by atoms with Gasteiger partial charge in [0.15, 0.2) is 0 Å². The summed E-state index contributed by atoms with van der Waals surface area (Å²) in [6.07, 6.45) is 0. The van der Waals surface area contributed by atoms with Crippen LogP contribution in [0.25, 0.3) is 0 Å². The summed E-state index contributed by atoms with van der Waals surface area (Å²) in [6, 6.07) is 25.7. The molecule has 0 radical (unpaired) electrons. The lowest BCUT2D eigenvalue weighted by Crippen LogP contribution is -2.09. The summed E-state index contributed by atoms with van der Waals surface area (Å²) in [6.45, 7) is 1.70. The molecule has 0 saturated carbocycles. The molecule has 0 aliphatic heterocycles. The molecule has 0 amide bonds. The van der Waals surface area contributed by atoms with Crippen LogP contribution < -0.4 is 19.5 Å². The Hall–Kier alpha value is -3.14. The molecule has 0 atom stereocenters. The highest BCUT2D eigenvalue weighted by Crippen LogP contribution is 2.24. The molecule has 134 valence electrons. The molecular formula is C22H23NO3. The topological polar surface area (TPSA) is 39.7 Å². The summed E-state index contributed by atoms with van der Waals surface area (Å²) in [7, 11) is 1.67. The van der Waals surface area contributed by atoms with Gasteiger partial charge in [0.1, 0.15) is 30.5 Å². The molecule has 0 spiro atoms. The first-order valence-corrected chi connectivity index (χ1v) is 8.61. The smallest absolute Gasteiger partial charge is 0.141 e. The monoisotopic (exact) mass is 349 g/mol. The maximum absolute atomic E-state index is 5.79.